The summed E-state index contributed by atoms with van der Waals surface area (Å²) in [6, 6.07) is 11.7. The summed E-state index contributed by atoms with van der Waals surface area (Å²) in [6.07, 6.45) is 1.02. The number of fused-ring (bicyclic) bond motifs is 1. The summed E-state index contributed by atoms with van der Waals surface area (Å²) in [5.41, 5.74) is 2.51. The Kier molecular flexibility index (Phi) is 3.37. The minimum atomic E-state index is -0.329. The van der Waals surface area contributed by atoms with E-state index in [-0.39, 0.29) is 18.1 Å². The van der Waals surface area contributed by atoms with Crippen LogP contribution in [-0.2, 0) is 17.6 Å². The number of amides is 1. The third-order valence-electron chi connectivity index (χ3n) is 3.23. The van der Waals surface area contributed by atoms with Gasteiger partial charge in [0.05, 0.1) is 13.0 Å². The highest BCUT2D eigenvalue weighted by Crippen LogP contribution is 2.27. The maximum atomic E-state index is 13.0. The van der Waals surface area contributed by atoms with E-state index in [1.807, 2.05) is 18.2 Å². The van der Waals surface area contributed by atoms with E-state index in [4.69, 9.17) is 4.74 Å². The Morgan fingerprint density at radius 3 is 3.00 bits per heavy atom. The van der Waals surface area contributed by atoms with Gasteiger partial charge in [0.25, 0.3) is 0 Å². The maximum Gasteiger partial charge on any atom is 0.228 e. The molecule has 3 rings (SSSR count). The van der Waals surface area contributed by atoms with Gasteiger partial charge in [-0.3, -0.25) is 4.79 Å². The number of ether oxygens (including phenoxy) is 1. The molecule has 0 spiro atoms. The van der Waals surface area contributed by atoms with Crippen molar-refractivity contribution in [2.75, 3.05) is 11.9 Å². The van der Waals surface area contributed by atoms with Gasteiger partial charge in [0.15, 0.2) is 0 Å². The summed E-state index contributed by atoms with van der Waals surface area (Å²) in [4.78, 5) is 11.9. The molecule has 1 aliphatic heterocycles. The number of nitrogens with one attached hydrogen (secondary N) is 1. The Balaban J connectivity index is 1.67. The van der Waals surface area contributed by atoms with Gasteiger partial charge in [0.2, 0.25) is 5.91 Å². The van der Waals surface area contributed by atoms with E-state index >= 15 is 0 Å². The van der Waals surface area contributed by atoms with Crippen LogP contribution in [0.2, 0.25) is 0 Å². The van der Waals surface area contributed by atoms with Crippen molar-refractivity contribution in [3.63, 3.8) is 0 Å². The first-order chi connectivity index (χ1) is 9.70. The second-order valence-corrected chi connectivity index (χ2v) is 4.78. The second kappa shape index (κ2) is 5.33. The van der Waals surface area contributed by atoms with Gasteiger partial charge in [0, 0.05) is 12.1 Å². The number of hydrogen-bond acceptors (Lipinski definition) is 2. The summed E-state index contributed by atoms with van der Waals surface area (Å²) >= 11 is 0. The number of anilines is 1. The molecule has 1 heterocycles. The molecular weight excluding hydrogens is 257 g/mol. The predicted molar refractivity (Wildman–Crippen MR) is 74.4 cm³/mol. The summed E-state index contributed by atoms with van der Waals surface area (Å²) in [5, 5.41) is 2.82. The quantitative estimate of drug-likeness (QED) is 0.932. The standard InChI is InChI=1S/C16H14FNO2/c17-13-3-1-2-11(8-13)9-16(19)18-14-4-5-15-12(10-14)6-7-20-15/h1-5,8,10H,6-7,9H2,(H,18,19). The van der Waals surface area contributed by atoms with Crippen LogP contribution >= 0.6 is 0 Å². The van der Waals surface area contributed by atoms with Crippen LogP contribution in [0.3, 0.4) is 0 Å². The van der Waals surface area contributed by atoms with Gasteiger partial charge in [0.1, 0.15) is 11.6 Å². The molecule has 1 amide bonds. The predicted octanol–water partition coefficient (Wildman–Crippen LogP) is 2.94. The monoisotopic (exact) mass is 271 g/mol. The van der Waals surface area contributed by atoms with Crippen molar-refractivity contribution in [1.29, 1.82) is 0 Å². The van der Waals surface area contributed by atoms with Crippen molar-refractivity contribution in [3.8, 4) is 5.75 Å². The van der Waals surface area contributed by atoms with Crippen LogP contribution in [-0.4, -0.2) is 12.5 Å². The van der Waals surface area contributed by atoms with Gasteiger partial charge in [-0.15, -0.1) is 0 Å². The van der Waals surface area contributed by atoms with Gasteiger partial charge < -0.3 is 10.1 Å². The molecule has 0 saturated heterocycles. The van der Waals surface area contributed by atoms with Crippen molar-refractivity contribution in [2.24, 2.45) is 0 Å². The number of rotatable bonds is 3. The first-order valence-electron chi connectivity index (χ1n) is 6.51. The molecule has 1 N–H and O–H groups in total. The van der Waals surface area contributed by atoms with Crippen LogP contribution in [0, 0.1) is 5.82 Å². The third kappa shape index (κ3) is 2.79. The summed E-state index contributed by atoms with van der Waals surface area (Å²) in [6.45, 7) is 0.691. The fourth-order valence-corrected chi connectivity index (χ4v) is 2.30. The Labute approximate surface area is 116 Å². The van der Waals surface area contributed by atoms with Gasteiger partial charge in [-0.1, -0.05) is 12.1 Å². The second-order valence-electron chi connectivity index (χ2n) is 4.78. The van der Waals surface area contributed by atoms with Crippen LogP contribution in [0.1, 0.15) is 11.1 Å². The van der Waals surface area contributed by atoms with Gasteiger partial charge in [-0.05, 0) is 41.5 Å². The van der Waals surface area contributed by atoms with Crippen molar-refractivity contribution < 1.29 is 13.9 Å². The molecular formula is C16H14FNO2. The molecule has 20 heavy (non-hydrogen) atoms. The molecule has 4 heteroatoms. The minimum Gasteiger partial charge on any atom is -0.493 e. The lowest BCUT2D eigenvalue weighted by atomic mass is 10.1. The van der Waals surface area contributed by atoms with Crippen LogP contribution in [0.5, 0.6) is 5.75 Å². The van der Waals surface area contributed by atoms with E-state index in [2.05, 4.69) is 5.32 Å². The summed E-state index contributed by atoms with van der Waals surface area (Å²) < 4.78 is 18.5. The van der Waals surface area contributed by atoms with Crippen LogP contribution in [0.25, 0.3) is 0 Å². The highest BCUT2D eigenvalue weighted by molar-refractivity contribution is 5.92. The van der Waals surface area contributed by atoms with Crippen molar-refractivity contribution in [2.45, 2.75) is 12.8 Å². The Bertz CT molecular complexity index is 655. The fourth-order valence-electron chi connectivity index (χ4n) is 2.30. The van der Waals surface area contributed by atoms with Gasteiger partial charge in [-0.2, -0.15) is 0 Å². The molecule has 0 atom stereocenters. The molecule has 0 fully saturated rings. The average molecular weight is 271 g/mol. The normalized spacial score (nSPS) is 12.7. The topological polar surface area (TPSA) is 38.3 Å². The molecule has 2 aromatic rings. The Hall–Kier alpha value is -2.36. The van der Waals surface area contributed by atoms with E-state index in [1.54, 1.807) is 12.1 Å². The SMILES string of the molecule is O=C(Cc1cccc(F)c1)Nc1ccc2c(c1)CCO2. The molecule has 1 aliphatic rings. The van der Waals surface area contributed by atoms with Crippen LogP contribution < -0.4 is 10.1 Å². The number of carbonyl (C=O) groups excluding carboxylic acids is 1. The smallest absolute Gasteiger partial charge is 0.228 e. The zero-order valence-corrected chi connectivity index (χ0v) is 10.9. The molecule has 0 unspecified atom stereocenters. The molecule has 0 saturated carbocycles. The molecule has 2 aromatic carbocycles. The van der Waals surface area contributed by atoms with E-state index in [9.17, 15) is 9.18 Å². The lowest BCUT2D eigenvalue weighted by molar-refractivity contribution is -0.115. The molecule has 0 aromatic heterocycles. The number of halogens is 1. The zero-order valence-electron chi connectivity index (χ0n) is 10.9. The fraction of sp³-hybridized carbons (Fsp3) is 0.188. The molecule has 3 nitrogen and oxygen atoms in total. The number of benzene rings is 2. The molecule has 0 aliphatic carbocycles. The van der Waals surface area contributed by atoms with E-state index in [0.29, 0.717) is 12.2 Å². The first kappa shape index (κ1) is 12.7. The highest BCUT2D eigenvalue weighted by atomic mass is 19.1. The van der Waals surface area contributed by atoms with Crippen LogP contribution in [0.15, 0.2) is 42.5 Å². The zero-order chi connectivity index (χ0) is 13.9. The van der Waals surface area contributed by atoms with Crippen molar-refractivity contribution in [1.82, 2.24) is 0 Å². The minimum absolute atomic E-state index is 0.158. The van der Waals surface area contributed by atoms with Gasteiger partial charge >= 0.3 is 0 Å². The number of carbonyl (C=O) groups is 1. The largest absolute Gasteiger partial charge is 0.493 e. The van der Waals surface area contributed by atoms with Crippen molar-refractivity contribution >= 4 is 11.6 Å². The lowest BCUT2D eigenvalue weighted by Gasteiger charge is -2.07. The number of hydrogen-bond donors (Lipinski definition) is 1. The average Bonchev–Trinajstić information content (AvgIpc) is 2.86. The molecule has 0 bridgehead atoms. The Morgan fingerprint density at radius 2 is 2.15 bits per heavy atom. The highest BCUT2D eigenvalue weighted by Gasteiger charge is 2.13. The molecule has 0 radical (unpaired) electrons. The van der Waals surface area contributed by atoms with E-state index in [1.165, 1.54) is 12.1 Å². The third-order valence-corrected chi connectivity index (χ3v) is 3.23. The van der Waals surface area contributed by atoms with E-state index < -0.39 is 0 Å². The van der Waals surface area contributed by atoms with Crippen molar-refractivity contribution in [3.05, 3.63) is 59.4 Å². The Morgan fingerprint density at radius 1 is 1.25 bits per heavy atom. The van der Waals surface area contributed by atoms with Crippen LogP contribution in [0.4, 0.5) is 10.1 Å². The summed E-state index contributed by atoms with van der Waals surface area (Å²) in [7, 11) is 0. The summed E-state index contributed by atoms with van der Waals surface area (Å²) in [5.74, 6) is 0.396. The maximum absolute atomic E-state index is 13.0. The first-order valence-corrected chi connectivity index (χ1v) is 6.51. The van der Waals surface area contributed by atoms with E-state index in [0.717, 1.165) is 23.4 Å². The lowest BCUT2D eigenvalue weighted by Crippen LogP contribution is -2.14. The van der Waals surface area contributed by atoms with Gasteiger partial charge in [-0.25, -0.2) is 4.39 Å². The molecule has 102 valence electrons.